The Morgan fingerprint density at radius 3 is 2.48 bits per heavy atom. The van der Waals surface area contributed by atoms with Crippen LogP contribution in [0.25, 0.3) is 22.0 Å². The first-order valence-electron chi connectivity index (χ1n) is 8.72. The van der Waals surface area contributed by atoms with Gasteiger partial charge >= 0.3 is 22.4 Å². The molecule has 0 saturated carbocycles. The number of hydrogen-bond donors (Lipinski definition) is 1. The van der Waals surface area contributed by atoms with Crippen LogP contribution in [0, 0.1) is 26.8 Å². The van der Waals surface area contributed by atoms with Crippen molar-refractivity contribution in [3.8, 4) is 28.4 Å². The predicted molar refractivity (Wildman–Crippen MR) is 113 cm³/mol. The molecule has 4 rings (SSSR count). The maximum Gasteiger partial charge on any atom is 3.00 e. The SMILES string of the molecule is CC(C)COc1c[c-]ccc1-c1cc(=O)[nH]c2cc3c(cc12)OCCO3.[Au+3].[CH3-].[CH3-]. The molecule has 0 fully saturated rings. The zero-order valence-electron chi connectivity index (χ0n) is 17.1. The molecule has 5 nitrogen and oxygen atoms in total. The molecule has 6 heteroatoms. The number of ether oxygens (including phenoxy) is 3. The third-order valence-electron chi connectivity index (χ3n) is 4.19. The van der Waals surface area contributed by atoms with Gasteiger partial charge in [0.2, 0.25) is 5.56 Å². The predicted octanol–water partition coefficient (Wildman–Crippen LogP) is 4.70. The first-order valence-corrected chi connectivity index (χ1v) is 8.72. The summed E-state index contributed by atoms with van der Waals surface area (Å²) in [7, 11) is 0. The van der Waals surface area contributed by atoms with Gasteiger partial charge in [-0.1, -0.05) is 19.4 Å². The number of H-pyrrole nitrogens is 1. The number of nitrogens with one attached hydrogen (secondary N) is 1. The van der Waals surface area contributed by atoms with Crippen molar-refractivity contribution in [2.24, 2.45) is 5.92 Å². The average Bonchev–Trinajstić information content (AvgIpc) is 2.64. The molecule has 0 saturated heterocycles. The fourth-order valence-corrected chi connectivity index (χ4v) is 3.03. The van der Waals surface area contributed by atoms with Crippen molar-refractivity contribution < 1.29 is 36.6 Å². The Morgan fingerprint density at radius 2 is 1.79 bits per heavy atom. The molecule has 2 heterocycles. The molecule has 158 valence electrons. The summed E-state index contributed by atoms with van der Waals surface area (Å²) in [5.74, 6) is 2.44. The summed E-state index contributed by atoms with van der Waals surface area (Å²) in [5.41, 5.74) is 2.19. The van der Waals surface area contributed by atoms with E-state index in [0.29, 0.717) is 48.5 Å². The summed E-state index contributed by atoms with van der Waals surface area (Å²) < 4.78 is 17.3. The monoisotopic (exact) mass is 577 g/mol. The Hall–Kier alpha value is -2.21. The smallest absolute Gasteiger partial charge is 0.550 e. The summed E-state index contributed by atoms with van der Waals surface area (Å²) >= 11 is 0. The van der Waals surface area contributed by atoms with E-state index in [1.54, 1.807) is 6.07 Å². The fraction of sp³-hybridized carbons (Fsp3) is 0.261. The number of hydrogen-bond acceptors (Lipinski definition) is 4. The van der Waals surface area contributed by atoms with Gasteiger partial charge in [-0.3, -0.25) is 4.79 Å². The van der Waals surface area contributed by atoms with Crippen LogP contribution in [0.4, 0.5) is 0 Å². The van der Waals surface area contributed by atoms with Crippen molar-refractivity contribution in [3.05, 3.63) is 67.7 Å². The third-order valence-corrected chi connectivity index (χ3v) is 4.19. The van der Waals surface area contributed by atoms with Gasteiger partial charge in [-0.15, -0.1) is 6.07 Å². The molecule has 2 aromatic carbocycles. The number of pyridine rings is 1. The zero-order valence-corrected chi connectivity index (χ0v) is 19.3. The second-order valence-corrected chi connectivity index (χ2v) is 6.72. The van der Waals surface area contributed by atoms with Crippen molar-refractivity contribution in [2.45, 2.75) is 13.8 Å². The van der Waals surface area contributed by atoms with Gasteiger partial charge in [-0.25, -0.2) is 0 Å². The molecule has 0 unspecified atom stereocenters. The first kappa shape index (κ1) is 24.8. The zero-order chi connectivity index (χ0) is 18.1. The van der Waals surface area contributed by atoms with E-state index in [4.69, 9.17) is 14.2 Å². The minimum absolute atomic E-state index is 0. The fourth-order valence-electron chi connectivity index (χ4n) is 3.03. The molecule has 1 N–H and O–H groups in total. The van der Waals surface area contributed by atoms with Gasteiger partial charge in [0.15, 0.2) is 11.5 Å². The molecule has 0 bridgehead atoms. The first-order chi connectivity index (χ1) is 12.6. The number of fused-ring (bicyclic) bond motifs is 2. The van der Waals surface area contributed by atoms with Crippen molar-refractivity contribution >= 4 is 10.9 Å². The summed E-state index contributed by atoms with van der Waals surface area (Å²) in [5, 5.41) is 0.884. The topological polar surface area (TPSA) is 60.6 Å². The molecule has 1 aliphatic rings. The Bertz CT molecular complexity index is 1010. The van der Waals surface area contributed by atoms with Gasteiger partial charge in [0.25, 0.3) is 0 Å². The number of benzene rings is 2. The van der Waals surface area contributed by atoms with Crippen molar-refractivity contribution in [2.75, 3.05) is 19.8 Å². The third kappa shape index (κ3) is 5.24. The van der Waals surface area contributed by atoms with Crippen molar-refractivity contribution in [1.29, 1.82) is 0 Å². The van der Waals surface area contributed by atoms with Crippen LogP contribution < -0.4 is 19.8 Å². The largest absolute Gasteiger partial charge is 3.00 e. The van der Waals surface area contributed by atoms with Crippen LogP contribution in [0.15, 0.2) is 41.2 Å². The Morgan fingerprint density at radius 1 is 1.10 bits per heavy atom. The molecule has 0 spiro atoms. The number of aromatic amines is 1. The van der Waals surface area contributed by atoms with Crippen LogP contribution >= 0.6 is 0 Å². The Labute approximate surface area is 187 Å². The maximum atomic E-state index is 12.2. The van der Waals surface area contributed by atoms with Crippen LogP contribution in [0.1, 0.15) is 13.8 Å². The summed E-state index contributed by atoms with van der Waals surface area (Å²) in [4.78, 5) is 15.1. The maximum absolute atomic E-state index is 12.2. The molecule has 0 atom stereocenters. The quantitative estimate of drug-likeness (QED) is 0.361. The molecule has 0 radical (unpaired) electrons. The van der Waals surface area contributed by atoms with Crippen LogP contribution in [-0.4, -0.2) is 24.8 Å². The Balaban J connectivity index is 0.00000140. The summed E-state index contributed by atoms with van der Waals surface area (Å²) in [6.45, 7) is 5.81. The van der Waals surface area contributed by atoms with E-state index in [0.717, 1.165) is 16.5 Å². The molecular weight excluding hydrogens is 551 g/mol. The minimum atomic E-state index is -0.174. The second-order valence-electron chi connectivity index (χ2n) is 6.72. The molecule has 1 aliphatic heterocycles. The van der Waals surface area contributed by atoms with E-state index in [-0.39, 0.29) is 42.8 Å². The van der Waals surface area contributed by atoms with Gasteiger partial charge in [-0.2, -0.15) is 18.2 Å². The van der Waals surface area contributed by atoms with Crippen LogP contribution in [0.2, 0.25) is 0 Å². The molecule has 29 heavy (non-hydrogen) atoms. The van der Waals surface area contributed by atoms with E-state index in [1.807, 2.05) is 30.3 Å². The molecule has 1 aromatic heterocycles. The van der Waals surface area contributed by atoms with E-state index >= 15 is 0 Å². The van der Waals surface area contributed by atoms with Crippen LogP contribution in [0.3, 0.4) is 0 Å². The van der Waals surface area contributed by atoms with Gasteiger partial charge in [-0.05, 0) is 17.5 Å². The average molecular weight is 577 g/mol. The normalized spacial score (nSPS) is 11.8. The summed E-state index contributed by atoms with van der Waals surface area (Å²) in [6.07, 6.45) is 0. The van der Waals surface area contributed by atoms with E-state index in [9.17, 15) is 4.79 Å². The second kappa shape index (κ2) is 10.5. The van der Waals surface area contributed by atoms with Gasteiger partial charge in [0.05, 0.1) is 12.1 Å². The molecule has 3 aromatic rings. The molecular formula is C23H26AuNO4. The van der Waals surface area contributed by atoms with Crippen LogP contribution in [-0.2, 0) is 22.4 Å². The van der Waals surface area contributed by atoms with Crippen LogP contribution in [0.5, 0.6) is 17.2 Å². The Kier molecular flexibility index (Phi) is 9.02. The number of aromatic nitrogens is 1. The van der Waals surface area contributed by atoms with Crippen molar-refractivity contribution in [3.63, 3.8) is 0 Å². The van der Waals surface area contributed by atoms with E-state index < -0.39 is 0 Å². The van der Waals surface area contributed by atoms with Gasteiger partial charge in [0.1, 0.15) is 13.2 Å². The van der Waals surface area contributed by atoms with E-state index in [2.05, 4.69) is 24.9 Å². The minimum Gasteiger partial charge on any atom is -0.550 e. The van der Waals surface area contributed by atoms with Crippen molar-refractivity contribution in [1.82, 2.24) is 4.98 Å². The summed E-state index contributed by atoms with van der Waals surface area (Å²) in [6, 6.07) is 13.9. The standard InChI is InChI=1S/C21H20NO4.2CH3.Au/c1-13(2)12-26-18-6-4-3-5-14(18)15-10-21(23)22-17-11-20-19(9-16(15)17)24-7-8-25-20;;;/h3,5-6,9-11,13H,7-8,12H2,1-2H3,(H,22,23);2*1H3;/q3*-1;+3. The number of rotatable bonds is 4. The molecule has 0 aliphatic carbocycles. The molecule has 0 amide bonds. The van der Waals surface area contributed by atoms with Gasteiger partial charge < -0.3 is 34.0 Å². The van der Waals surface area contributed by atoms with Gasteiger partial charge in [0, 0.05) is 23.3 Å². The van der Waals surface area contributed by atoms with E-state index in [1.165, 1.54) is 0 Å².